The molecule has 174 valence electrons. The topological polar surface area (TPSA) is 80.5 Å². The highest BCUT2D eigenvalue weighted by molar-refractivity contribution is 6.00. The van der Waals surface area contributed by atoms with Crippen molar-refractivity contribution in [1.82, 2.24) is 14.8 Å². The van der Waals surface area contributed by atoms with Crippen molar-refractivity contribution in [2.24, 2.45) is 0 Å². The van der Waals surface area contributed by atoms with Crippen molar-refractivity contribution in [3.8, 4) is 11.1 Å². The monoisotopic (exact) mass is 448 g/mol. The Morgan fingerprint density at radius 2 is 1.79 bits per heavy atom. The summed E-state index contributed by atoms with van der Waals surface area (Å²) in [6.45, 7) is 7.54. The summed E-state index contributed by atoms with van der Waals surface area (Å²) >= 11 is 0. The van der Waals surface area contributed by atoms with Crippen LogP contribution in [0, 0.1) is 0 Å². The molecule has 1 aliphatic heterocycles. The van der Waals surface area contributed by atoms with E-state index in [1.807, 2.05) is 4.68 Å². The molecule has 0 unspecified atom stereocenters. The molecule has 0 atom stereocenters. The van der Waals surface area contributed by atoms with Crippen molar-refractivity contribution >= 4 is 22.7 Å². The number of carbonyl (C=O) groups is 1. The molecule has 0 bridgehead atoms. The van der Waals surface area contributed by atoms with Gasteiger partial charge in [-0.15, -0.1) is 0 Å². The number of nitrogens with zero attached hydrogens (tertiary/aromatic N) is 4. The number of morpholine rings is 1. The Morgan fingerprint density at radius 1 is 1.09 bits per heavy atom. The molecular weight excluding hydrogens is 416 g/mol. The summed E-state index contributed by atoms with van der Waals surface area (Å²) in [6, 6.07) is 10.4. The largest absolute Gasteiger partial charge is 0.477 e. The zero-order valence-corrected chi connectivity index (χ0v) is 19.5. The minimum absolute atomic E-state index is 0.0713. The van der Waals surface area contributed by atoms with Crippen LogP contribution in [0.1, 0.15) is 74.1 Å². The van der Waals surface area contributed by atoms with E-state index in [0.717, 1.165) is 67.0 Å². The maximum absolute atomic E-state index is 12.0. The number of pyridine rings is 1. The van der Waals surface area contributed by atoms with E-state index in [-0.39, 0.29) is 17.7 Å². The molecule has 2 aromatic heterocycles. The highest BCUT2D eigenvalue weighted by Crippen LogP contribution is 2.38. The van der Waals surface area contributed by atoms with E-state index in [0.29, 0.717) is 5.65 Å². The van der Waals surface area contributed by atoms with Crippen LogP contribution in [0.5, 0.6) is 0 Å². The number of rotatable bonds is 5. The fourth-order valence-electron chi connectivity index (χ4n) is 5.16. The van der Waals surface area contributed by atoms with Gasteiger partial charge < -0.3 is 14.7 Å². The predicted octanol–water partition coefficient (Wildman–Crippen LogP) is 5.26. The molecule has 0 spiro atoms. The second-order valence-electron chi connectivity index (χ2n) is 9.48. The van der Waals surface area contributed by atoms with Crippen molar-refractivity contribution < 1.29 is 14.6 Å². The molecule has 3 heterocycles. The fraction of sp³-hybridized carbons (Fsp3) is 0.500. The molecule has 5 rings (SSSR count). The molecule has 0 radical (unpaired) electrons. The third kappa shape index (κ3) is 4.22. The number of aromatic nitrogens is 3. The maximum atomic E-state index is 12.0. The van der Waals surface area contributed by atoms with Gasteiger partial charge in [-0.2, -0.15) is 5.10 Å². The number of aromatic carboxylic acids is 1. The van der Waals surface area contributed by atoms with E-state index in [2.05, 4.69) is 48.0 Å². The molecule has 2 fully saturated rings. The molecule has 33 heavy (non-hydrogen) atoms. The summed E-state index contributed by atoms with van der Waals surface area (Å²) in [6.07, 6.45) is 5.74. The summed E-state index contributed by atoms with van der Waals surface area (Å²) in [4.78, 5) is 18.9. The van der Waals surface area contributed by atoms with Gasteiger partial charge in [-0.25, -0.2) is 14.5 Å². The van der Waals surface area contributed by atoms with E-state index < -0.39 is 5.97 Å². The fourth-order valence-corrected chi connectivity index (χ4v) is 5.16. The zero-order valence-electron chi connectivity index (χ0n) is 19.5. The number of fused-ring (bicyclic) bond motifs is 1. The minimum Gasteiger partial charge on any atom is -0.477 e. The minimum atomic E-state index is -1.01. The Kier molecular flexibility index (Phi) is 6.06. The standard InChI is InChI=1S/C26H32N4O3/c1-17(2)24-23-21(18-8-10-19(11-9-18)29-12-14-33-15-13-29)16-22(26(31)32)27-25(23)30(28-24)20-6-4-3-5-7-20/h8-11,16-17,20H,3-7,12-15H2,1-2H3,(H,31,32). The van der Waals surface area contributed by atoms with Crippen LogP contribution in [-0.4, -0.2) is 52.1 Å². The maximum Gasteiger partial charge on any atom is 0.354 e. The van der Waals surface area contributed by atoms with E-state index >= 15 is 0 Å². The van der Waals surface area contributed by atoms with Gasteiger partial charge in [0.1, 0.15) is 0 Å². The number of ether oxygens (including phenoxy) is 1. The molecule has 3 aromatic rings. The van der Waals surface area contributed by atoms with E-state index in [4.69, 9.17) is 9.84 Å². The number of hydrogen-bond donors (Lipinski definition) is 1. The number of carboxylic acids is 1. The Bertz CT molecular complexity index is 1140. The van der Waals surface area contributed by atoms with Crippen molar-refractivity contribution in [3.05, 3.63) is 41.7 Å². The molecule has 1 N–H and O–H groups in total. The highest BCUT2D eigenvalue weighted by atomic mass is 16.5. The Labute approximate surface area is 194 Å². The summed E-state index contributed by atoms with van der Waals surface area (Å²) in [5, 5.41) is 15.9. The summed E-state index contributed by atoms with van der Waals surface area (Å²) in [5.74, 6) is -0.799. The van der Waals surface area contributed by atoms with Gasteiger partial charge in [0.2, 0.25) is 0 Å². The smallest absolute Gasteiger partial charge is 0.354 e. The van der Waals surface area contributed by atoms with Gasteiger partial charge in [-0.3, -0.25) is 0 Å². The van der Waals surface area contributed by atoms with Crippen LogP contribution in [-0.2, 0) is 4.74 Å². The third-order valence-corrected chi connectivity index (χ3v) is 6.93. The number of anilines is 1. The van der Waals surface area contributed by atoms with E-state index in [9.17, 15) is 9.90 Å². The molecule has 1 aliphatic carbocycles. The normalized spacial score (nSPS) is 17.7. The van der Waals surface area contributed by atoms with E-state index in [1.165, 1.54) is 19.3 Å². The molecule has 2 aliphatic rings. The average molecular weight is 449 g/mol. The lowest BCUT2D eigenvalue weighted by molar-refractivity contribution is 0.0691. The van der Waals surface area contributed by atoms with Crippen molar-refractivity contribution in [3.63, 3.8) is 0 Å². The molecule has 7 nitrogen and oxygen atoms in total. The van der Waals surface area contributed by atoms with Gasteiger partial charge in [0.15, 0.2) is 11.3 Å². The third-order valence-electron chi connectivity index (χ3n) is 6.93. The van der Waals surface area contributed by atoms with Gasteiger partial charge in [-0.1, -0.05) is 45.2 Å². The van der Waals surface area contributed by atoms with Gasteiger partial charge in [0.25, 0.3) is 0 Å². The van der Waals surface area contributed by atoms with Gasteiger partial charge in [0, 0.05) is 18.8 Å². The van der Waals surface area contributed by atoms with Crippen LogP contribution < -0.4 is 4.90 Å². The molecule has 1 saturated carbocycles. The van der Waals surface area contributed by atoms with Crippen molar-refractivity contribution in [1.29, 1.82) is 0 Å². The second kappa shape index (κ2) is 9.14. The first-order valence-corrected chi connectivity index (χ1v) is 12.1. The first-order valence-electron chi connectivity index (χ1n) is 12.1. The Morgan fingerprint density at radius 3 is 2.42 bits per heavy atom. The highest BCUT2D eigenvalue weighted by Gasteiger charge is 2.26. The molecular formula is C26H32N4O3. The number of benzene rings is 1. The zero-order chi connectivity index (χ0) is 22.9. The Balaban J connectivity index is 1.65. The SMILES string of the molecule is CC(C)c1nn(C2CCCCC2)c2nc(C(=O)O)cc(-c3ccc(N4CCOCC4)cc3)c12. The van der Waals surface area contributed by atoms with E-state index in [1.54, 1.807) is 6.07 Å². The quantitative estimate of drug-likeness (QED) is 0.573. The predicted molar refractivity (Wildman–Crippen MR) is 129 cm³/mol. The van der Waals surface area contributed by atoms with Gasteiger partial charge >= 0.3 is 5.97 Å². The summed E-state index contributed by atoms with van der Waals surface area (Å²) in [5.41, 5.74) is 4.82. The van der Waals surface area contributed by atoms with Crippen LogP contribution in [0.15, 0.2) is 30.3 Å². The van der Waals surface area contributed by atoms with Crippen LogP contribution in [0.2, 0.25) is 0 Å². The van der Waals surface area contributed by atoms with Crippen LogP contribution in [0.3, 0.4) is 0 Å². The van der Waals surface area contributed by atoms with Crippen molar-refractivity contribution in [2.45, 2.75) is 57.9 Å². The van der Waals surface area contributed by atoms with Gasteiger partial charge in [-0.05, 0) is 48.1 Å². The number of carboxylic acid groups (broad SMARTS) is 1. The Hall–Kier alpha value is -2.93. The van der Waals surface area contributed by atoms with Crippen LogP contribution >= 0.6 is 0 Å². The van der Waals surface area contributed by atoms with Gasteiger partial charge in [0.05, 0.1) is 30.3 Å². The lowest BCUT2D eigenvalue weighted by atomic mass is 9.95. The summed E-state index contributed by atoms with van der Waals surface area (Å²) in [7, 11) is 0. The molecule has 1 saturated heterocycles. The number of hydrogen-bond acceptors (Lipinski definition) is 5. The second-order valence-corrected chi connectivity index (χ2v) is 9.48. The van der Waals surface area contributed by atoms with Crippen molar-refractivity contribution in [2.75, 3.05) is 31.2 Å². The average Bonchev–Trinajstić information content (AvgIpc) is 3.25. The van der Waals surface area contributed by atoms with Crippen LogP contribution in [0.4, 0.5) is 5.69 Å². The molecule has 1 aromatic carbocycles. The first-order chi connectivity index (χ1) is 16.0. The first kappa shape index (κ1) is 21.9. The molecule has 0 amide bonds. The summed E-state index contributed by atoms with van der Waals surface area (Å²) < 4.78 is 7.50. The van der Waals surface area contributed by atoms with Crippen LogP contribution in [0.25, 0.3) is 22.2 Å². The lowest BCUT2D eigenvalue weighted by Crippen LogP contribution is -2.36. The molecule has 7 heteroatoms. The lowest BCUT2D eigenvalue weighted by Gasteiger charge is -2.29.